The van der Waals surface area contributed by atoms with E-state index in [1.165, 1.54) is 12.1 Å². The number of nitrogens with two attached hydrogens (primary N) is 1. The average molecular weight is 515 g/mol. The second-order valence-corrected chi connectivity index (χ2v) is 10.4. The molecule has 1 fully saturated rings. The molecule has 8 nitrogen and oxygen atoms in total. The van der Waals surface area contributed by atoms with E-state index in [1.54, 1.807) is 13.2 Å². The summed E-state index contributed by atoms with van der Waals surface area (Å²) < 4.78 is 20.3. The number of rotatable bonds is 11. The van der Waals surface area contributed by atoms with Crippen LogP contribution in [0, 0.1) is 11.2 Å². The van der Waals surface area contributed by atoms with Crippen LogP contribution >= 0.6 is 0 Å². The molecule has 1 aromatic carbocycles. The van der Waals surface area contributed by atoms with Crippen LogP contribution in [0.3, 0.4) is 0 Å². The first kappa shape index (κ1) is 28.4. The maximum Gasteiger partial charge on any atom is 0.320 e. The van der Waals surface area contributed by atoms with Crippen molar-refractivity contribution in [3.05, 3.63) is 58.6 Å². The number of hydrogen-bond donors (Lipinski definition) is 3. The van der Waals surface area contributed by atoms with Gasteiger partial charge in [-0.1, -0.05) is 26.0 Å². The summed E-state index contributed by atoms with van der Waals surface area (Å²) in [6.45, 7) is 6.18. The topological polar surface area (TPSA) is 117 Å². The molecule has 1 aliphatic carbocycles. The van der Waals surface area contributed by atoms with E-state index in [9.17, 15) is 19.1 Å². The fourth-order valence-electron chi connectivity index (χ4n) is 5.06. The van der Waals surface area contributed by atoms with Gasteiger partial charge in [-0.25, -0.2) is 4.39 Å². The minimum atomic E-state index is -0.769. The molecule has 0 bridgehead atoms. The Morgan fingerprint density at radius 3 is 2.81 bits per heavy atom. The smallest absolute Gasteiger partial charge is 0.320 e. The molecular formula is C28H39FN4O4. The number of ether oxygens (including phenoxy) is 1. The number of nitrogens with one attached hydrogen (secondary N) is 1. The first-order valence-corrected chi connectivity index (χ1v) is 12.9. The summed E-state index contributed by atoms with van der Waals surface area (Å²) in [4.78, 5) is 30.4. The summed E-state index contributed by atoms with van der Waals surface area (Å²) in [5.41, 5.74) is 7.58. The molecule has 1 aromatic rings. The quantitative estimate of drug-likeness (QED) is 0.233. The van der Waals surface area contributed by atoms with Gasteiger partial charge < -0.3 is 15.6 Å². The predicted octanol–water partition coefficient (Wildman–Crippen LogP) is 4.02. The predicted molar refractivity (Wildman–Crippen MR) is 142 cm³/mol. The summed E-state index contributed by atoms with van der Waals surface area (Å²) in [6, 6.07) is 4.06. The second kappa shape index (κ2) is 12.9. The van der Waals surface area contributed by atoms with Crippen LogP contribution in [-0.4, -0.2) is 60.6 Å². The molecule has 1 atom stereocenters. The summed E-state index contributed by atoms with van der Waals surface area (Å²) >= 11 is 0. The number of allylic oxidation sites excluding steroid dienone is 3. The van der Waals surface area contributed by atoms with Crippen LogP contribution in [0.15, 0.2) is 46.7 Å². The molecule has 37 heavy (non-hydrogen) atoms. The molecule has 1 heterocycles. The molecule has 9 heteroatoms. The van der Waals surface area contributed by atoms with Gasteiger partial charge in [0, 0.05) is 17.7 Å². The fraction of sp³-hybridized carbons (Fsp3) is 0.536. The Morgan fingerprint density at radius 2 is 2.08 bits per heavy atom. The molecule has 0 saturated carbocycles. The van der Waals surface area contributed by atoms with Gasteiger partial charge in [0.25, 0.3) is 5.91 Å². The Bertz CT molecular complexity index is 1080. The van der Waals surface area contributed by atoms with Crippen LogP contribution in [-0.2, 0) is 16.0 Å². The van der Waals surface area contributed by atoms with Crippen LogP contribution in [0.25, 0.3) is 0 Å². The van der Waals surface area contributed by atoms with Crippen molar-refractivity contribution < 1.29 is 23.8 Å². The molecule has 0 aromatic heterocycles. The van der Waals surface area contributed by atoms with Crippen LogP contribution in [0.5, 0.6) is 0 Å². The Labute approximate surface area is 218 Å². The van der Waals surface area contributed by atoms with Crippen LogP contribution in [0.1, 0.15) is 68.3 Å². The van der Waals surface area contributed by atoms with Gasteiger partial charge in [-0.15, -0.1) is 0 Å². The van der Waals surface area contributed by atoms with E-state index < -0.39 is 23.7 Å². The van der Waals surface area contributed by atoms with Gasteiger partial charge in [-0.2, -0.15) is 0 Å². The summed E-state index contributed by atoms with van der Waals surface area (Å²) in [7, 11) is 1.63. The van der Waals surface area contributed by atoms with E-state index in [4.69, 9.17) is 10.5 Å². The third-order valence-electron chi connectivity index (χ3n) is 6.99. The van der Waals surface area contributed by atoms with Gasteiger partial charge in [-0.3, -0.25) is 24.8 Å². The van der Waals surface area contributed by atoms with E-state index in [2.05, 4.69) is 30.2 Å². The van der Waals surface area contributed by atoms with E-state index in [0.717, 1.165) is 37.1 Å². The third-order valence-corrected chi connectivity index (χ3v) is 6.99. The number of guanidine groups is 1. The van der Waals surface area contributed by atoms with Crippen LogP contribution in [0.2, 0.25) is 0 Å². The zero-order valence-electron chi connectivity index (χ0n) is 22.1. The third kappa shape index (κ3) is 7.89. The Kier molecular flexibility index (Phi) is 9.86. The van der Waals surface area contributed by atoms with E-state index in [1.807, 2.05) is 11.0 Å². The zero-order chi connectivity index (χ0) is 27.0. The van der Waals surface area contributed by atoms with Crippen LogP contribution < -0.4 is 11.1 Å². The number of likely N-dealkylation sites (tertiary alicyclic amines) is 1. The molecule has 0 radical (unpaired) electrons. The lowest BCUT2D eigenvalue weighted by atomic mass is 9.79. The summed E-state index contributed by atoms with van der Waals surface area (Å²) in [5.74, 6) is -0.930. The molecule has 2 aliphatic rings. The highest BCUT2D eigenvalue weighted by atomic mass is 19.1. The first-order chi connectivity index (χ1) is 17.6. The molecule has 1 unspecified atom stereocenters. The van der Waals surface area contributed by atoms with Crippen molar-refractivity contribution in [1.82, 2.24) is 10.2 Å². The molecule has 4 N–H and O–H groups in total. The number of carboxylic acids is 1. The number of nitrogens with zero attached hydrogens (tertiary/aromatic N) is 2. The number of carbonyl (C=O) groups excluding carboxylic acids is 1. The number of aliphatic imine (C=N–C) groups is 1. The van der Waals surface area contributed by atoms with E-state index >= 15 is 0 Å². The maximum absolute atomic E-state index is 14.8. The van der Waals surface area contributed by atoms with Gasteiger partial charge >= 0.3 is 5.97 Å². The molecule has 1 amide bonds. The van der Waals surface area contributed by atoms with Crippen molar-refractivity contribution >= 4 is 17.8 Å². The normalized spacial score (nSPS) is 19.8. The van der Waals surface area contributed by atoms with E-state index in [-0.39, 0.29) is 16.9 Å². The van der Waals surface area contributed by atoms with Gasteiger partial charge in [0.05, 0.1) is 7.11 Å². The van der Waals surface area contributed by atoms with Crippen LogP contribution in [0.4, 0.5) is 4.39 Å². The highest BCUT2D eigenvalue weighted by molar-refractivity contribution is 6.06. The standard InChI is InChI=1S/C28H39FN4O4/c1-28(2)14-13-24(37-3)19(18-28)11-12-20-21(8-6-9-22(20)29)25(34)32-27(30)31-15-4-5-16-33-17-7-10-23(33)26(35)36/h6,8-9,13-14,23H,4-5,7,10-12,15-18H2,1-3H3,(H,35,36)(H3,30,31,32,34). The number of benzene rings is 1. The SMILES string of the molecule is COC1=C(CCc2c(F)cccc2C(=O)NC(N)=NCCCCN2CCCC2C(=O)O)CC(C)(C)C=C1. The Morgan fingerprint density at radius 1 is 1.30 bits per heavy atom. The highest BCUT2D eigenvalue weighted by Gasteiger charge is 2.29. The van der Waals surface area contributed by atoms with Gasteiger partial charge in [-0.05, 0) is 87.2 Å². The Balaban J connectivity index is 1.55. The van der Waals surface area contributed by atoms with Crippen molar-refractivity contribution in [3.63, 3.8) is 0 Å². The number of hydrogen-bond acceptors (Lipinski definition) is 5. The minimum Gasteiger partial charge on any atom is -0.497 e. The van der Waals surface area contributed by atoms with Gasteiger partial charge in [0.15, 0.2) is 5.96 Å². The number of halogens is 1. The average Bonchev–Trinajstić information content (AvgIpc) is 3.31. The minimum absolute atomic E-state index is 0.00976. The van der Waals surface area contributed by atoms with Crippen molar-refractivity contribution in [2.24, 2.45) is 16.1 Å². The summed E-state index contributed by atoms with van der Waals surface area (Å²) in [6.07, 6.45) is 8.88. The Hall–Kier alpha value is -3.20. The monoisotopic (exact) mass is 514 g/mol. The highest BCUT2D eigenvalue weighted by Crippen LogP contribution is 2.36. The molecular weight excluding hydrogens is 475 g/mol. The fourth-order valence-corrected chi connectivity index (χ4v) is 5.06. The zero-order valence-corrected chi connectivity index (χ0v) is 22.1. The number of carboxylic acid groups (broad SMARTS) is 1. The number of carbonyl (C=O) groups is 2. The van der Waals surface area contributed by atoms with E-state index in [0.29, 0.717) is 44.3 Å². The van der Waals surface area contributed by atoms with Crippen molar-refractivity contribution in [1.29, 1.82) is 0 Å². The van der Waals surface area contributed by atoms with Crippen molar-refractivity contribution in [3.8, 4) is 0 Å². The number of aliphatic carboxylic acids is 1. The number of amides is 1. The first-order valence-electron chi connectivity index (χ1n) is 12.9. The molecule has 0 spiro atoms. The van der Waals surface area contributed by atoms with Gasteiger partial charge in [0.2, 0.25) is 0 Å². The maximum atomic E-state index is 14.8. The second-order valence-electron chi connectivity index (χ2n) is 10.4. The molecule has 1 saturated heterocycles. The lowest BCUT2D eigenvalue weighted by Crippen LogP contribution is -2.37. The number of unbranched alkanes of at least 4 members (excludes halogenated alkanes) is 1. The molecule has 202 valence electrons. The lowest BCUT2D eigenvalue weighted by molar-refractivity contribution is -0.142. The molecule has 3 rings (SSSR count). The van der Waals surface area contributed by atoms with Crippen molar-refractivity contribution in [2.45, 2.75) is 64.8 Å². The number of methoxy groups -OCH3 is 1. The lowest BCUT2D eigenvalue weighted by Gasteiger charge is -2.27. The molecule has 1 aliphatic heterocycles. The largest absolute Gasteiger partial charge is 0.497 e. The van der Waals surface area contributed by atoms with Gasteiger partial charge in [0.1, 0.15) is 17.6 Å². The summed E-state index contributed by atoms with van der Waals surface area (Å²) in [5, 5.41) is 11.8. The van der Waals surface area contributed by atoms with Crippen molar-refractivity contribution in [2.75, 3.05) is 26.7 Å².